The fraction of sp³-hybridized carbons (Fsp3) is 0.333. The number of amidine groups is 1. The highest BCUT2D eigenvalue weighted by Gasteiger charge is 2.09. The zero-order valence-corrected chi connectivity index (χ0v) is 11.9. The molecule has 1 aromatic carbocycles. The molecule has 0 amide bonds. The minimum Gasteiger partial charge on any atom is -0.496 e. The summed E-state index contributed by atoms with van der Waals surface area (Å²) in [4.78, 5) is 4.37. The molecule has 0 unspecified atom stereocenters. The molecule has 1 heterocycles. The van der Waals surface area contributed by atoms with Crippen molar-refractivity contribution in [2.24, 2.45) is 5.73 Å². The summed E-state index contributed by atoms with van der Waals surface area (Å²) in [7, 11) is 1.65. The maximum Gasteiger partial charge on any atom is 0.123 e. The van der Waals surface area contributed by atoms with Crippen LogP contribution in [-0.2, 0) is 13.0 Å². The molecule has 5 heteroatoms. The Balaban J connectivity index is 2.33. The number of nitrogen functional groups attached to an aromatic ring is 1. The van der Waals surface area contributed by atoms with Crippen LogP contribution in [0.25, 0.3) is 0 Å². The SMILES string of the molecule is CCCc1nccn1Cc1cc(C(=N)N)ccc1OC. The van der Waals surface area contributed by atoms with Gasteiger partial charge in [-0.15, -0.1) is 0 Å². The van der Waals surface area contributed by atoms with E-state index in [-0.39, 0.29) is 5.84 Å². The lowest BCUT2D eigenvalue weighted by Gasteiger charge is -2.12. The van der Waals surface area contributed by atoms with Crippen molar-refractivity contribution in [3.8, 4) is 5.75 Å². The number of aryl methyl sites for hydroxylation is 1. The lowest BCUT2D eigenvalue weighted by Crippen LogP contribution is -2.12. The number of nitrogens with zero attached hydrogens (tertiary/aromatic N) is 2. The molecule has 0 saturated heterocycles. The number of aromatic nitrogens is 2. The first-order valence-corrected chi connectivity index (χ1v) is 6.67. The lowest BCUT2D eigenvalue weighted by atomic mass is 10.1. The number of hydrogen-bond donors (Lipinski definition) is 2. The Morgan fingerprint density at radius 1 is 1.45 bits per heavy atom. The van der Waals surface area contributed by atoms with E-state index in [2.05, 4.69) is 16.5 Å². The maximum absolute atomic E-state index is 7.54. The standard InChI is InChI=1S/C15H20N4O/c1-3-4-14-18-7-8-19(14)10-12-9-11(15(16)17)5-6-13(12)20-2/h5-9H,3-4,10H2,1-2H3,(H3,16,17). The number of methoxy groups -OCH3 is 1. The molecule has 0 aliphatic heterocycles. The molecule has 0 bridgehead atoms. The highest BCUT2D eigenvalue weighted by molar-refractivity contribution is 5.95. The zero-order valence-electron chi connectivity index (χ0n) is 11.9. The van der Waals surface area contributed by atoms with Gasteiger partial charge in [0.25, 0.3) is 0 Å². The van der Waals surface area contributed by atoms with Crippen LogP contribution in [0.1, 0.15) is 30.3 Å². The van der Waals surface area contributed by atoms with Crippen LogP contribution in [0.4, 0.5) is 0 Å². The third-order valence-corrected chi connectivity index (χ3v) is 3.21. The van der Waals surface area contributed by atoms with Gasteiger partial charge < -0.3 is 15.0 Å². The molecule has 2 rings (SSSR count). The Hall–Kier alpha value is -2.30. The molecule has 2 aromatic rings. The van der Waals surface area contributed by atoms with Gasteiger partial charge in [-0.25, -0.2) is 4.98 Å². The van der Waals surface area contributed by atoms with Crippen molar-refractivity contribution in [2.75, 3.05) is 7.11 Å². The third-order valence-electron chi connectivity index (χ3n) is 3.21. The molecule has 5 nitrogen and oxygen atoms in total. The van der Waals surface area contributed by atoms with Gasteiger partial charge >= 0.3 is 0 Å². The van der Waals surface area contributed by atoms with E-state index < -0.39 is 0 Å². The van der Waals surface area contributed by atoms with Gasteiger partial charge in [0.15, 0.2) is 0 Å². The summed E-state index contributed by atoms with van der Waals surface area (Å²) in [6.45, 7) is 2.80. The number of hydrogen-bond acceptors (Lipinski definition) is 3. The Bertz CT molecular complexity index is 604. The van der Waals surface area contributed by atoms with Crippen molar-refractivity contribution in [2.45, 2.75) is 26.3 Å². The Morgan fingerprint density at radius 3 is 2.90 bits per heavy atom. The van der Waals surface area contributed by atoms with E-state index in [1.807, 2.05) is 24.5 Å². The number of rotatable bonds is 6. The van der Waals surface area contributed by atoms with Crippen LogP contribution in [0.3, 0.4) is 0 Å². The summed E-state index contributed by atoms with van der Waals surface area (Å²) < 4.78 is 7.49. The molecular formula is C15H20N4O. The summed E-state index contributed by atoms with van der Waals surface area (Å²) in [5.41, 5.74) is 7.25. The summed E-state index contributed by atoms with van der Waals surface area (Å²) in [5.74, 6) is 1.92. The minimum absolute atomic E-state index is 0.0633. The van der Waals surface area contributed by atoms with Crippen molar-refractivity contribution >= 4 is 5.84 Å². The lowest BCUT2D eigenvalue weighted by molar-refractivity contribution is 0.408. The Labute approximate surface area is 118 Å². The molecule has 0 aliphatic rings. The van der Waals surface area contributed by atoms with E-state index in [1.165, 1.54) is 0 Å². The number of nitrogens with one attached hydrogen (secondary N) is 1. The molecule has 106 valence electrons. The molecule has 0 spiro atoms. The summed E-state index contributed by atoms with van der Waals surface area (Å²) in [6.07, 6.45) is 5.78. The second-order valence-electron chi connectivity index (χ2n) is 4.66. The van der Waals surface area contributed by atoms with Gasteiger partial charge in [-0.05, 0) is 24.6 Å². The summed E-state index contributed by atoms with van der Waals surface area (Å²) in [5, 5.41) is 7.54. The fourth-order valence-electron chi connectivity index (χ4n) is 2.19. The van der Waals surface area contributed by atoms with Crippen LogP contribution in [0.2, 0.25) is 0 Å². The maximum atomic E-state index is 7.54. The van der Waals surface area contributed by atoms with E-state index in [1.54, 1.807) is 13.2 Å². The van der Waals surface area contributed by atoms with Crippen molar-refractivity contribution < 1.29 is 4.74 Å². The van der Waals surface area contributed by atoms with Crippen molar-refractivity contribution in [1.29, 1.82) is 5.41 Å². The van der Waals surface area contributed by atoms with Crippen LogP contribution in [-0.4, -0.2) is 22.5 Å². The molecule has 0 atom stereocenters. The molecule has 0 saturated carbocycles. The van der Waals surface area contributed by atoms with Gasteiger partial charge in [0.05, 0.1) is 13.7 Å². The monoisotopic (exact) mass is 272 g/mol. The average molecular weight is 272 g/mol. The zero-order chi connectivity index (χ0) is 14.5. The van der Waals surface area contributed by atoms with E-state index in [0.29, 0.717) is 12.1 Å². The molecule has 0 aliphatic carbocycles. The number of ether oxygens (including phenoxy) is 1. The first-order valence-electron chi connectivity index (χ1n) is 6.67. The molecule has 20 heavy (non-hydrogen) atoms. The quantitative estimate of drug-likeness (QED) is 0.625. The largest absolute Gasteiger partial charge is 0.496 e. The molecule has 3 N–H and O–H groups in total. The predicted octanol–water partition coefficient (Wildman–Crippen LogP) is 2.18. The average Bonchev–Trinajstić information content (AvgIpc) is 2.86. The number of benzene rings is 1. The van der Waals surface area contributed by atoms with Crippen LogP contribution >= 0.6 is 0 Å². The van der Waals surface area contributed by atoms with E-state index in [9.17, 15) is 0 Å². The van der Waals surface area contributed by atoms with Gasteiger partial charge in [0, 0.05) is 29.9 Å². The van der Waals surface area contributed by atoms with Crippen LogP contribution in [0.5, 0.6) is 5.75 Å². The van der Waals surface area contributed by atoms with E-state index in [0.717, 1.165) is 30.0 Å². The van der Waals surface area contributed by atoms with Crippen LogP contribution in [0.15, 0.2) is 30.6 Å². The van der Waals surface area contributed by atoms with Gasteiger partial charge in [-0.2, -0.15) is 0 Å². The smallest absolute Gasteiger partial charge is 0.123 e. The highest BCUT2D eigenvalue weighted by atomic mass is 16.5. The predicted molar refractivity (Wildman–Crippen MR) is 79.3 cm³/mol. The first-order chi connectivity index (χ1) is 9.65. The van der Waals surface area contributed by atoms with Gasteiger partial charge in [-0.3, -0.25) is 5.41 Å². The molecule has 0 fully saturated rings. The highest BCUT2D eigenvalue weighted by Crippen LogP contribution is 2.21. The van der Waals surface area contributed by atoms with Crippen LogP contribution < -0.4 is 10.5 Å². The Morgan fingerprint density at radius 2 is 2.25 bits per heavy atom. The van der Waals surface area contributed by atoms with Crippen molar-refractivity contribution in [3.05, 3.63) is 47.5 Å². The summed E-state index contributed by atoms with van der Waals surface area (Å²) >= 11 is 0. The third kappa shape index (κ3) is 2.99. The van der Waals surface area contributed by atoms with Gasteiger partial charge in [0.2, 0.25) is 0 Å². The normalized spacial score (nSPS) is 10.5. The first kappa shape index (κ1) is 14.1. The Kier molecular flexibility index (Phi) is 4.40. The molecule has 1 aromatic heterocycles. The fourth-order valence-corrected chi connectivity index (χ4v) is 2.19. The van der Waals surface area contributed by atoms with E-state index >= 15 is 0 Å². The molecular weight excluding hydrogens is 252 g/mol. The van der Waals surface area contributed by atoms with E-state index in [4.69, 9.17) is 15.9 Å². The van der Waals surface area contributed by atoms with Crippen molar-refractivity contribution in [1.82, 2.24) is 9.55 Å². The van der Waals surface area contributed by atoms with Crippen LogP contribution in [0, 0.1) is 5.41 Å². The second kappa shape index (κ2) is 6.23. The number of nitrogens with two attached hydrogens (primary N) is 1. The molecule has 0 radical (unpaired) electrons. The van der Waals surface area contributed by atoms with Crippen molar-refractivity contribution in [3.63, 3.8) is 0 Å². The number of imidazole rings is 1. The van der Waals surface area contributed by atoms with Gasteiger partial charge in [-0.1, -0.05) is 6.92 Å². The minimum atomic E-state index is 0.0633. The second-order valence-corrected chi connectivity index (χ2v) is 4.66. The van der Waals surface area contributed by atoms with Gasteiger partial charge in [0.1, 0.15) is 17.4 Å². The topological polar surface area (TPSA) is 76.9 Å². The summed E-state index contributed by atoms with van der Waals surface area (Å²) in [6, 6.07) is 5.55.